The van der Waals surface area contributed by atoms with Crippen molar-refractivity contribution in [2.75, 3.05) is 19.6 Å². The number of piperidine rings is 3. The van der Waals surface area contributed by atoms with Gasteiger partial charge in [-0.3, -0.25) is 0 Å². The number of para-hydroxylation sites is 2. The number of aryl methyl sites for hydroxylation is 1. The summed E-state index contributed by atoms with van der Waals surface area (Å²) in [4.78, 5) is 7.42. The van der Waals surface area contributed by atoms with Gasteiger partial charge >= 0.3 is 0 Å². The second-order valence-electron chi connectivity index (χ2n) is 6.65. The fraction of sp³-hybridized carbons (Fsp3) is 0.588. The molecule has 5 rings (SSSR count). The van der Waals surface area contributed by atoms with Crippen molar-refractivity contribution in [2.45, 2.75) is 31.8 Å². The molecule has 2 aromatic rings. The number of benzene rings is 1. The van der Waals surface area contributed by atoms with Crippen molar-refractivity contribution >= 4 is 11.0 Å². The molecule has 0 saturated carbocycles. The molecule has 2 bridgehead atoms. The van der Waals surface area contributed by atoms with Gasteiger partial charge in [-0.15, -0.1) is 0 Å². The van der Waals surface area contributed by atoms with Crippen LogP contribution in [0, 0.1) is 5.92 Å². The van der Waals surface area contributed by atoms with E-state index in [9.17, 15) is 0 Å². The maximum absolute atomic E-state index is 4.83. The van der Waals surface area contributed by atoms with Crippen molar-refractivity contribution in [1.29, 1.82) is 0 Å². The summed E-state index contributed by atoms with van der Waals surface area (Å²) in [5.74, 6) is 2.00. The lowest BCUT2D eigenvalue weighted by molar-refractivity contribution is 0.0674. The first kappa shape index (κ1) is 13.3. The highest BCUT2D eigenvalue weighted by Gasteiger charge is 2.35. The lowest BCUT2D eigenvalue weighted by atomic mass is 9.83. The molecular formula is C17H24N4. The van der Waals surface area contributed by atoms with Crippen molar-refractivity contribution in [1.82, 2.24) is 19.8 Å². The molecule has 112 valence electrons. The van der Waals surface area contributed by atoms with Crippen LogP contribution in [0.4, 0.5) is 0 Å². The average Bonchev–Trinajstić information content (AvgIpc) is 2.86. The number of nitrogens with zero attached hydrogens (tertiary/aromatic N) is 3. The van der Waals surface area contributed by atoms with E-state index >= 15 is 0 Å². The van der Waals surface area contributed by atoms with E-state index in [4.69, 9.17) is 4.98 Å². The topological polar surface area (TPSA) is 33.1 Å². The highest BCUT2D eigenvalue weighted by Crippen LogP contribution is 2.29. The van der Waals surface area contributed by atoms with Crippen LogP contribution in [-0.2, 0) is 7.05 Å². The zero-order chi connectivity index (χ0) is 14.4. The number of fused-ring (bicyclic) bond motifs is 4. The number of hydrogen-bond donors (Lipinski definition) is 1. The lowest BCUT2D eigenvalue weighted by Crippen LogP contribution is -2.56. The first-order valence-electron chi connectivity index (χ1n) is 8.12. The summed E-state index contributed by atoms with van der Waals surface area (Å²) >= 11 is 0. The van der Waals surface area contributed by atoms with Gasteiger partial charge in [0.2, 0.25) is 0 Å². The predicted molar refractivity (Wildman–Crippen MR) is 85.2 cm³/mol. The molecule has 0 radical (unpaired) electrons. The Hall–Kier alpha value is -1.39. The monoisotopic (exact) mass is 284 g/mol. The molecule has 0 amide bonds. The first-order chi connectivity index (χ1) is 10.2. The van der Waals surface area contributed by atoms with Crippen molar-refractivity contribution in [2.24, 2.45) is 13.0 Å². The second-order valence-corrected chi connectivity index (χ2v) is 6.65. The Morgan fingerprint density at radius 3 is 2.67 bits per heavy atom. The van der Waals surface area contributed by atoms with Gasteiger partial charge in [-0.05, 0) is 50.9 Å². The van der Waals surface area contributed by atoms with E-state index in [1.54, 1.807) is 0 Å². The van der Waals surface area contributed by atoms with Crippen LogP contribution in [0.25, 0.3) is 11.0 Å². The van der Waals surface area contributed by atoms with E-state index in [-0.39, 0.29) is 0 Å². The minimum atomic E-state index is 0.299. The van der Waals surface area contributed by atoms with Gasteiger partial charge in [0, 0.05) is 19.6 Å². The third kappa shape index (κ3) is 2.27. The van der Waals surface area contributed by atoms with Crippen molar-refractivity contribution in [3.8, 4) is 0 Å². The van der Waals surface area contributed by atoms with E-state index < -0.39 is 0 Å². The van der Waals surface area contributed by atoms with Gasteiger partial charge in [-0.1, -0.05) is 12.1 Å². The second kappa shape index (κ2) is 5.11. The minimum Gasteiger partial charge on any atom is -0.330 e. The Morgan fingerprint density at radius 2 is 2.00 bits per heavy atom. The summed E-state index contributed by atoms with van der Waals surface area (Å²) in [6, 6.07) is 9.31. The van der Waals surface area contributed by atoms with E-state index in [0.29, 0.717) is 12.1 Å². The molecule has 3 aliphatic rings. The summed E-state index contributed by atoms with van der Waals surface area (Å²) < 4.78 is 2.23. The zero-order valence-corrected chi connectivity index (χ0v) is 12.9. The molecule has 1 aromatic heterocycles. The minimum absolute atomic E-state index is 0.299. The molecule has 21 heavy (non-hydrogen) atoms. The lowest BCUT2D eigenvalue weighted by Gasteiger charge is -2.45. The number of rotatable bonds is 3. The van der Waals surface area contributed by atoms with Crippen LogP contribution >= 0.6 is 0 Å². The summed E-state index contributed by atoms with van der Waals surface area (Å²) in [7, 11) is 2.12. The molecule has 4 heterocycles. The van der Waals surface area contributed by atoms with Gasteiger partial charge < -0.3 is 14.8 Å². The Kier molecular flexibility index (Phi) is 3.23. The fourth-order valence-corrected chi connectivity index (χ4v) is 4.10. The quantitative estimate of drug-likeness (QED) is 0.939. The van der Waals surface area contributed by atoms with Crippen LogP contribution in [0.15, 0.2) is 24.3 Å². The third-order valence-corrected chi connectivity index (χ3v) is 5.33. The maximum Gasteiger partial charge on any atom is 0.126 e. The van der Waals surface area contributed by atoms with Gasteiger partial charge in [0.1, 0.15) is 5.82 Å². The van der Waals surface area contributed by atoms with Crippen LogP contribution in [0.1, 0.15) is 31.6 Å². The number of hydrogen-bond acceptors (Lipinski definition) is 3. The molecule has 4 nitrogen and oxygen atoms in total. The van der Waals surface area contributed by atoms with Crippen LogP contribution in [0.5, 0.6) is 0 Å². The van der Waals surface area contributed by atoms with Crippen molar-refractivity contribution < 1.29 is 0 Å². The Balaban J connectivity index is 1.56. The predicted octanol–water partition coefficient (Wildman–Crippen LogP) is 2.32. The first-order valence-corrected chi connectivity index (χ1v) is 8.12. The van der Waals surface area contributed by atoms with Crippen LogP contribution in [0.3, 0.4) is 0 Å². The van der Waals surface area contributed by atoms with E-state index in [2.05, 4.69) is 53.0 Å². The molecule has 3 fully saturated rings. The van der Waals surface area contributed by atoms with Crippen molar-refractivity contribution in [3.63, 3.8) is 0 Å². The van der Waals surface area contributed by atoms with Crippen LogP contribution < -0.4 is 5.32 Å². The van der Waals surface area contributed by atoms with Gasteiger partial charge in [0.25, 0.3) is 0 Å². The molecule has 3 saturated heterocycles. The number of aromatic nitrogens is 2. The standard InChI is InChI=1S/C17H24N4/c1-12(18-15-11-21-9-7-13(15)8-10-21)17-19-14-5-3-4-6-16(14)20(17)2/h3-6,12-13,15,18H,7-11H2,1-2H3. The molecule has 0 spiro atoms. The van der Waals surface area contributed by atoms with E-state index in [0.717, 1.165) is 17.3 Å². The maximum atomic E-state index is 4.83. The van der Waals surface area contributed by atoms with Gasteiger partial charge in [0.15, 0.2) is 0 Å². The normalized spacial score (nSPS) is 29.9. The molecule has 1 aromatic carbocycles. The van der Waals surface area contributed by atoms with E-state index in [1.165, 1.54) is 38.0 Å². The third-order valence-electron chi connectivity index (χ3n) is 5.33. The smallest absolute Gasteiger partial charge is 0.126 e. The highest BCUT2D eigenvalue weighted by atomic mass is 15.2. The molecule has 4 heteroatoms. The van der Waals surface area contributed by atoms with Crippen molar-refractivity contribution in [3.05, 3.63) is 30.1 Å². The summed E-state index contributed by atoms with van der Waals surface area (Å²) in [5, 5.41) is 3.84. The molecule has 1 N–H and O–H groups in total. The largest absolute Gasteiger partial charge is 0.330 e. The Morgan fingerprint density at radius 1 is 1.24 bits per heavy atom. The SMILES string of the molecule is CC(NC1CN2CCC1CC2)c1nc2ccccc2n1C. The molecule has 0 aliphatic carbocycles. The van der Waals surface area contributed by atoms with Crippen LogP contribution in [-0.4, -0.2) is 40.1 Å². The zero-order valence-electron chi connectivity index (χ0n) is 12.9. The summed E-state index contributed by atoms with van der Waals surface area (Å²) in [6.45, 7) is 6.05. The summed E-state index contributed by atoms with van der Waals surface area (Å²) in [6.07, 6.45) is 2.71. The highest BCUT2D eigenvalue weighted by molar-refractivity contribution is 5.75. The van der Waals surface area contributed by atoms with E-state index in [1.807, 2.05) is 0 Å². The molecule has 2 atom stereocenters. The Bertz CT molecular complexity index is 639. The van der Waals surface area contributed by atoms with Gasteiger partial charge in [-0.2, -0.15) is 0 Å². The Labute approximate surface area is 126 Å². The van der Waals surface area contributed by atoms with Gasteiger partial charge in [-0.25, -0.2) is 4.98 Å². The van der Waals surface area contributed by atoms with Gasteiger partial charge in [0.05, 0.1) is 17.1 Å². The fourth-order valence-electron chi connectivity index (χ4n) is 4.10. The number of nitrogens with one attached hydrogen (secondary N) is 1. The van der Waals surface area contributed by atoms with Crippen LogP contribution in [0.2, 0.25) is 0 Å². The molecular weight excluding hydrogens is 260 g/mol. The average molecular weight is 284 g/mol. The molecule has 3 aliphatic heterocycles. The molecule has 2 unspecified atom stereocenters. The number of imidazole rings is 1. The summed E-state index contributed by atoms with van der Waals surface area (Å²) in [5.41, 5.74) is 2.31.